The second kappa shape index (κ2) is 6.23. The van der Waals surface area contributed by atoms with Crippen LogP contribution in [0.15, 0.2) is 12.8 Å². The Hall–Kier alpha value is -0.930. The zero-order chi connectivity index (χ0) is 14.9. The van der Waals surface area contributed by atoms with Crippen LogP contribution in [0.3, 0.4) is 0 Å². The van der Waals surface area contributed by atoms with Crippen LogP contribution < -0.4 is 4.74 Å². The van der Waals surface area contributed by atoms with Gasteiger partial charge in [-0.3, -0.25) is 0 Å². The van der Waals surface area contributed by atoms with E-state index in [1.807, 2.05) is 13.8 Å². The van der Waals surface area contributed by atoms with E-state index in [1.165, 1.54) is 11.3 Å². The number of thiophene rings is 1. The number of ether oxygens (including phenoxy) is 1. The molecule has 0 saturated carbocycles. The highest BCUT2D eigenvalue weighted by Gasteiger charge is 2.23. The van der Waals surface area contributed by atoms with Crippen LogP contribution in [0.1, 0.15) is 25.7 Å². The fourth-order valence-electron chi connectivity index (χ4n) is 1.34. The molecular weight excluding hydrogens is 416 g/mol. The first kappa shape index (κ1) is 15.5. The molecule has 0 bridgehead atoms. The third kappa shape index (κ3) is 3.21. The van der Waals surface area contributed by atoms with Crippen LogP contribution in [0, 0.1) is 0 Å². The number of aliphatic carboxylic acids is 1. The molecule has 108 valence electrons. The van der Waals surface area contributed by atoms with Gasteiger partial charge in [0.25, 0.3) is 0 Å². The Morgan fingerprint density at radius 3 is 2.75 bits per heavy atom. The van der Waals surface area contributed by atoms with Crippen LogP contribution in [-0.2, 0) is 4.79 Å². The lowest BCUT2D eigenvalue weighted by molar-refractivity contribution is -0.139. The van der Waals surface area contributed by atoms with Crippen molar-refractivity contribution < 1.29 is 19.2 Å². The number of aromatic nitrogens is 2. The standard InChI is InChI=1S/C11H10Br2N2O4S/c1-4(2)11-14-10(15-19-11)8-7(18-3-5(16)17)6(12)9(13)20-8/h4H,3H2,1-2H3,(H,16,17). The maximum Gasteiger partial charge on any atom is 0.341 e. The Labute approximate surface area is 135 Å². The van der Waals surface area contributed by atoms with Gasteiger partial charge in [0.2, 0.25) is 11.7 Å². The summed E-state index contributed by atoms with van der Waals surface area (Å²) in [5.74, 6) is 0.350. The molecule has 0 unspecified atom stereocenters. The number of rotatable bonds is 5. The Morgan fingerprint density at radius 2 is 2.20 bits per heavy atom. The summed E-state index contributed by atoms with van der Waals surface area (Å²) in [6, 6.07) is 0. The summed E-state index contributed by atoms with van der Waals surface area (Å²) in [4.78, 5) is 15.5. The first-order chi connectivity index (χ1) is 9.40. The Morgan fingerprint density at radius 1 is 1.50 bits per heavy atom. The first-order valence-corrected chi connectivity index (χ1v) is 7.96. The second-order valence-corrected chi connectivity index (χ2v) is 7.27. The summed E-state index contributed by atoms with van der Waals surface area (Å²) in [5, 5.41) is 12.6. The van der Waals surface area contributed by atoms with Crippen LogP contribution in [0.25, 0.3) is 10.7 Å². The maximum absolute atomic E-state index is 10.6. The molecule has 0 aliphatic rings. The minimum Gasteiger partial charge on any atom is -0.479 e. The van der Waals surface area contributed by atoms with Crippen molar-refractivity contribution in [2.75, 3.05) is 6.61 Å². The van der Waals surface area contributed by atoms with E-state index in [9.17, 15) is 4.79 Å². The van der Waals surface area contributed by atoms with Crippen molar-refractivity contribution in [1.82, 2.24) is 10.1 Å². The first-order valence-electron chi connectivity index (χ1n) is 5.56. The third-order valence-corrected chi connectivity index (χ3v) is 5.64. The van der Waals surface area contributed by atoms with E-state index in [0.29, 0.717) is 26.8 Å². The maximum atomic E-state index is 10.6. The van der Waals surface area contributed by atoms with Gasteiger partial charge in [0.1, 0.15) is 4.88 Å². The molecule has 2 aromatic rings. The smallest absolute Gasteiger partial charge is 0.341 e. The van der Waals surface area contributed by atoms with Gasteiger partial charge in [-0.15, -0.1) is 11.3 Å². The molecule has 2 aromatic heterocycles. The van der Waals surface area contributed by atoms with E-state index in [4.69, 9.17) is 14.4 Å². The molecule has 0 radical (unpaired) electrons. The molecule has 0 aromatic carbocycles. The molecule has 20 heavy (non-hydrogen) atoms. The molecule has 0 fully saturated rings. The van der Waals surface area contributed by atoms with Crippen LogP contribution in [-0.4, -0.2) is 27.8 Å². The number of carboxylic acid groups (broad SMARTS) is 1. The average Bonchev–Trinajstić information content (AvgIpc) is 2.94. The minimum atomic E-state index is -1.05. The van der Waals surface area contributed by atoms with E-state index in [-0.39, 0.29) is 5.92 Å². The fourth-order valence-corrected chi connectivity index (χ4v) is 3.48. The van der Waals surface area contributed by atoms with Crippen LogP contribution in [0.4, 0.5) is 0 Å². The summed E-state index contributed by atoms with van der Waals surface area (Å²) < 4.78 is 11.8. The van der Waals surface area contributed by atoms with Gasteiger partial charge in [0.15, 0.2) is 12.4 Å². The Balaban J connectivity index is 2.39. The van der Waals surface area contributed by atoms with Gasteiger partial charge in [-0.1, -0.05) is 19.0 Å². The van der Waals surface area contributed by atoms with Crippen LogP contribution in [0.2, 0.25) is 0 Å². The van der Waals surface area contributed by atoms with Gasteiger partial charge in [0, 0.05) is 5.92 Å². The zero-order valence-corrected chi connectivity index (χ0v) is 14.5. The van der Waals surface area contributed by atoms with Gasteiger partial charge in [-0.25, -0.2) is 4.79 Å². The van der Waals surface area contributed by atoms with E-state index in [1.54, 1.807) is 0 Å². The number of hydrogen-bond donors (Lipinski definition) is 1. The molecular formula is C11H10Br2N2O4S. The van der Waals surface area contributed by atoms with Crippen molar-refractivity contribution in [1.29, 1.82) is 0 Å². The van der Waals surface area contributed by atoms with Crippen molar-refractivity contribution in [3.05, 3.63) is 14.1 Å². The summed E-state index contributed by atoms with van der Waals surface area (Å²) >= 11 is 8.05. The summed E-state index contributed by atoms with van der Waals surface area (Å²) in [6.07, 6.45) is 0. The molecule has 0 saturated heterocycles. The molecule has 0 spiro atoms. The molecule has 0 aliphatic heterocycles. The molecule has 0 atom stereocenters. The Bertz CT molecular complexity index is 638. The van der Waals surface area contributed by atoms with Gasteiger partial charge in [-0.2, -0.15) is 4.98 Å². The minimum absolute atomic E-state index is 0.117. The van der Waals surface area contributed by atoms with Crippen molar-refractivity contribution in [2.24, 2.45) is 0 Å². The summed E-state index contributed by atoms with van der Waals surface area (Å²) in [7, 11) is 0. The molecule has 0 aliphatic carbocycles. The predicted octanol–water partition coefficient (Wildman–Crippen LogP) is 3.91. The predicted molar refractivity (Wildman–Crippen MR) is 80.2 cm³/mol. The van der Waals surface area contributed by atoms with Gasteiger partial charge < -0.3 is 14.4 Å². The van der Waals surface area contributed by atoms with Crippen LogP contribution in [0.5, 0.6) is 5.75 Å². The Kier molecular flexibility index (Phi) is 4.82. The number of nitrogens with zero attached hydrogens (tertiary/aromatic N) is 2. The third-order valence-electron chi connectivity index (χ3n) is 2.25. The number of carbonyl (C=O) groups is 1. The van der Waals surface area contributed by atoms with Crippen molar-refractivity contribution >= 4 is 49.2 Å². The van der Waals surface area contributed by atoms with Crippen molar-refractivity contribution in [3.63, 3.8) is 0 Å². The number of carboxylic acids is 1. The van der Waals surface area contributed by atoms with E-state index >= 15 is 0 Å². The normalized spacial score (nSPS) is 11.1. The van der Waals surface area contributed by atoms with E-state index in [0.717, 1.165) is 3.79 Å². The quantitative estimate of drug-likeness (QED) is 0.781. The highest BCUT2D eigenvalue weighted by atomic mass is 79.9. The van der Waals surface area contributed by atoms with Crippen molar-refractivity contribution in [3.8, 4) is 16.5 Å². The van der Waals surface area contributed by atoms with Gasteiger partial charge in [0.05, 0.1) is 8.26 Å². The molecule has 2 heterocycles. The number of hydrogen-bond acceptors (Lipinski definition) is 6. The molecule has 1 N–H and O–H groups in total. The molecule has 6 nitrogen and oxygen atoms in total. The lowest BCUT2D eigenvalue weighted by atomic mass is 10.2. The average molecular weight is 426 g/mol. The van der Waals surface area contributed by atoms with E-state index < -0.39 is 12.6 Å². The number of halogens is 2. The zero-order valence-electron chi connectivity index (χ0n) is 10.5. The molecule has 2 rings (SSSR count). The van der Waals surface area contributed by atoms with Crippen LogP contribution >= 0.6 is 43.2 Å². The highest BCUT2D eigenvalue weighted by Crippen LogP contribution is 2.47. The lowest BCUT2D eigenvalue weighted by Gasteiger charge is -2.03. The largest absolute Gasteiger partial charge is 0.479 e. The van der Waals surface area contributed by atoms with E-state index in [2.05, 4.69) is 42.0 Å². The summed E-state index contributed by atoms with van der Waals surface area (Å²) in [6.45, 7) is 3.45. The van der Waals surface area contributed by atoms with Gasteiger partial charge in [-0.05, 0) is 31.9 Å². The topological polar surface area (TPSA) is 85.5 Å². The second-order valence-electron chi connectivity index (χ2n) is 4.14. The van der Waals surface area contributed by atoms with Crippen molar-refractivity contribution in [2.45, 2.75) is 19.8 Å². The monoisotopic (exact) mass is 424 g/mol. The molecule has 0 amide bonds. The fraction of sp³-hybridized carbons (Fsp3) is 0.364. The summed E-state index contributed by atoms with van der Waals surface area (Å²) in [5.41, 5.74) is 0. The lowest BCUT2D eigenvalue weighted by Crippen LogP contribution is -2.09. The molecule has 9 heteroatoms. The highest BCUT2D eigenvalue weighted by molar-refractivity contribution is 9.13. The van der Waals surface area contributed by atoms with Gasteiger partial charge >= 0.3 is 5.97 Å². The SMILES string of the molecule is CC(C)c1nc(-c2sc(Br)c(Br)c2OCC(=O)O)no1.